The lowest BCUT2D eigenvalue weighted by Crippen LogP contribution is -2.04. The van der Waals surface area contributed by atoms with Gasteiger partial charge in [-0.05, 0) is 58.4 Å². The molecule has 5 aromatic rings. The van der Waals surface area contributed by atoms with E-state index in [1.165, 1.54) is 19.2 Å². The SMILES string of the molecule is COC(=O)c1ccc2c(c1)nc(-c1cccc3ccccc13)n2Cc1ccc(SC(F)(F)F)cc1. The quantitative estimate of drug-likeness (QED) is 0.191. The van der Waals surface area contributed by atoms with Crippen molar-refractivity contribution in [2.45, 2.75) is 16.9 Å². The Bertz CT molecular complexity index is 1540. The molecule has 0 atom stereocenters. The van der Waals surface area contributed by atoms with Crippen LogP contribution in [0.3, 0.4) is 0 Å². The Kier molecular flexibility index (Phi) is 5.98. The van der Waals surface area contributed by atoms with Gasteiger partial charge in [-0.2, -0.15) is 13.2 Å². The molecule has 0 fully saturated rings. The Hall–Kier alpha value is -3.78. The van der Waals surface area contributed by atoms with Crippen molar-refractivity contribution in [1.82, 2.24) is 9.55 Å². The standard InChI is InChI=1S/C27H19F3N2O2S/c1-34-26(33)19-11-14-24-23(15-19)31-25(22-8-4-6-18-5-2-3-7-21(18)22)32(24)16-17-9-12-20(13-10-17)35-27(28,29)30/h2-15H,16H2,1H3. The van der Waals surface area contributed by atoms with Crippen LogP contribution in [0, 0.1) is 0 Å². The summed E-state index contributed by atoms with van der Waals surface area (Å²) >= 11 is -0.135. The third kappa shape index (κ3) is 4.74. The average molecular weight is 493 g/mol. The van der Waals surface area contributed by atoms with Gasteiger partial charge in [0.2, 0.25) is 0 Å². The molecule has 1 aromatic heterocycles. The highest BCUT2D eigenvalue weighted by atomic mass is 32.2. The van der Waals surface area contributed by atoms with Gasteiger partial charge < -0.3 is 9.30 Å². The van der Waals surface area contributed by atoms with Gasteiger partial charge in [0.15, 0.2) is 0 Å². The zero-order chi connectivity index (χ0) is 24.6. The Morgan fingerprint density at radius 2 is 1.71 bits per heavy atom. The molecule has 4 nitrogen and oxygen atoms in total. The first-order chi connectivity index (χ1) is 16.8. The highest BCUT2D eigenvalue weighted by molar-refractivity contribution is 8.00. The normalized spacial score (nSPS) is 11.8. The Balaban J connectivity index is 1.64. The number of nitrogens with zero attached hydrogens (tertiary/aromatic N) is 2. The van der Waals surface area contributed by atoms with Crippen molar-refractivity contribution in [3.63, 3.8) is 0 Å². The molecule has 4 aromatic carbocycles. The minimum atomic E-state index is -4.33. The Morgan fingerprint density at radius 1 is 0.971 bits per heavy atom. The van der Waals surface area contributed by atoms with Crippen LogP contribution in [0.4, 0.5) is 13.2 Å². The maximum absolute atomic E-state index is 12.7. The van der Waals surface area contributed by atoms with Crippen LogP contribution in [0.15, 0.2) is 89.8 Å². The van der Waals surface area contributed by atoms with Gasteiger partial charge in [-0.3, -0.25) is 0 Å². The third-order valence-electron chi connectivity index (χ3n) is 5.70. The van der Waals surface area contributed by atoms with E-state index in [9.17, 15) is 18.0 Å². The Morgan fingerprint density at radius 3 is 2.46 bits per heavy atom. The molecule has 5 rings (SSSR count). The lowest BCUT2D eigenvalue weighted by atomic mass is 10.0. The lowest BCUT2D eigenvalue weighted by molar-refractivity contribution is -0.0328. The number of imidazole rings is 1. The van der Waals surface area contributed by atoms with Gasteiger partial charge in [-0.15, -0.1) is 0 Å². The number of hydrogen-bond donors (Lipinski definition) is 0. The molecule has 0 aliphatic heterocycles. The number of thioether (sulfide) groups is 1. The largest absolute Gasteiger partial charge is 0.465 e. The average Bonchev–Trinajstić information content (AvgIpc) is 3.20. The van der Waals surface area contributed by atoms with Crippen LogP contribution in [0.1, 0.15) is 15.9 Å². The minimum Gasteiger partial charge on any atom is -0.465 e. The van der Waals surface area contributed by atoms with Crippen molar-refractivity contribution in [3.8, 4) is 11.4 Å². The summed E-state index contributed by atoms with van der Waals surface area (Å²) in [7, 11) is 1.33. The van der Waals surface area contributed by atoms with Crippen LogP contribution < -0.4 is 0 Å². The Labute approximate surface area is 203 Å². The van der Waals surface area contributed by atoms with Gasteiger partial charge in [0.25, 0.3) is 0 Å². The summed E-state index contributed by atoms with van der Waals surface area (Å²) in [6.07, 6.45) is 0. The number of rotatable bonds is 5. The molecule has 0 bridgehead atoms. The van der Waals surface area contributed by atoms with Crippen molar-refractivity contribution < 1.29 is 22.7 Å². The van der Waals surface area contributed by atoms with E-state index in [2.05, 4.69) is 0 Å². The highest BCUT2D eigenvalue weighted by Gasteiger charge is 2.29. The summed E-state index contributed by atoms with van der Waals surface area (Å²) in [5.74, 6) is 0.249. The smallest absolute Gasteiger partial charge is 0.446 e. The van der Waals surface area contributed by atoms with Crippen LogP contribution in [-0.2, 0) is 11.3 Å². The summed E-state index contributed by atoms with van der Waals surface area (Å²) in [6, 6.07) is 25.5. The summed E-state index contributed by atoms with van der Waals surface area (Å²) in [5, 5.41) is 2.09. The zero-order valence-electron chi connectivity index (χ0n) is 18.5. The van der Waals surface area contributed by atoms with Gasteiger partial charge in [-0.25, -0.2) is 9.78 Å². The van der Waals surface area contributed by atoms with Crippen LogP contribution >= 0.6 is 11.8 Å². The molecule has 0 saturated heterocycles. The number of alkyl halides is 3. The second kappa shape index (κ2) is 9.11. The van der Waals surface area contributed by atoms with Gasteiger partial charge in [0.1, 0.15) is 5.82 Å². The summed E-state index contributed by atoms with van der Waals surface area (Å²) in [5.41, 5.74) is -0.768. The first-order valence-corrected chi connectivity index (χ1v) is 11.6. The van der Waals surface area contributed by atoms with Crippen molar-refractivity contribution in [3.05, 3.63) is 96.1 Å². The van der Waals surface area contributed by atoms with E-state index >= 15 is 0 Å². The van der Waals surface area contributed by atoms with Crippen LogP contribution in [0.2, 0.25) is 0 Å². The van der Waals surface area contributed by atoms with E-state index in [0.717, 1.165) is 27.4 Å². The molecule has 0 N–H and O–H groups in total. The number of aromatic nitrogens is 2. The van der Waals surface area contributed by atoms with Crippen molar-refractivity contribution in [2.75, 3.05) is 7.11 Å². The second-order valence-electron chi connectivity index (χ2n) is 7.94. The number of ether oxygens (including phenoxy) is 1. The fraction of sp³-hybridized carbons (Fsp3) is 0.111. The molecule has 0 unspecified atom stereocenters. The monoisotopic (exact) mass is 492 g/mol. The topological polar surface area (TPSA) is 44.1 Å². The van der Waals surface area contributed by atoms with E-state index in [4.69, 9.17) is 9.72 Å². The number of carbonyl (C=O) groups excluding carboxylic acids is 1. The fourth-order valence-corrected chi connectivity index (χ4v) is 4.68. The number of hydrogen-bond acceptors (Lipinski definition) is 4. The maximum Gasteiger partial charge on any atom is 0.446 e. The molecule has 8 heteroatoms. The molecule has 35 heavy (non-hydrogen) atoms. The molecular formula is C27H19F3N2O2S. The molecule has 0 saturated carbocycles. The summed E-state index contributed by atoms with van der Waals surface area (Å²) in [6.45, 7) is 0.392. The number of fused-ring (bicyclic) bond motifs is 2. The first-order valence-electron chi connectivity index (χ1n) is 10.7. The number of halogens is 3. The van der Waals surface area contributed by atoms with Gasteiger partial charge >= 0.3 is 11.5 Å². The molecular weight excluding hydrogens is 473 g/mol. The van der Waals surface area contributed by atoms with E-state index in [0.29, 0.717) is 23.4 Å². The van der Waals surface area contributed by atoms with E-state index < -0.39 is 11.5 Å². The molecule has 0 aliphatic carbocycles. The lowest BCUT2D eigenvalue weighted by Gasteiger charge is -2.12. The van der Waals surface area contributed by atoms with Crippen LogP contribution in [0.5, 0.6) is 0 Å². The van der Waals surface area contributed by atoms with E-state index in [-0.39, 0.29) is 16.7 Å². The molecule has 0 spiro atoms. The predicted molar refractivity (Wildman–Crippen MR) is 131 cm³/mol. The van der Waals surface area contributed by atoms with Crippen LogP contribution in [0.25, 0.3) is 33.2 Å². The van der Waals surface area contributed by atoms with Crippen molar-refractivity contribution in [1.29, 1.82) is 0 Å². The third-order valence-corrected chi connectivity index (χ3v) is 6.44. The second-order valence-corrected chi connectivity index (χ2v) is 9.07. The first kappa shape index (κ1) is 23.0. The minimum absolute atomic E-state index is 0.133. The predicted octanol–water partition coefficient (Wildman–Crippen LogP) is 7.30. The zero-order valence-corrected chi connectivity index (χ0v) is 19.4. The fourth-order valence-electron chi connectivity index (χ4n) is 4.14. The number of carbonyl (C=O) groups is 1. The molecule has 176 valence electrons. The van der Waals surface area contributed by atoms with E-state index in [1.54, 1.807) is 24.3 Å². The molecule has 0 aliphatic rings. The number of benzene rings is 4. The highest BCUT2D eigenvalue weighted by Crippen LogP contribution is 2.37. The molecule has 0 amide bonds. The summed E-state index contributed by atoms with van der Waals surface area (Å²) in [4.78, 5) is 17.1. The molecule has 1 heterocycles. The van der Waals surface area contributed by atoms with Gasteiger partial charge in [0, 0.05) is 17.0 Å². The van der Waals surface area contributed by atoms with Crippen LogP contribution in [-0.4, -0.2) is 28.1 Å². The summed E-state index contributed by atoms with van der Waals surface area (Å²) < 4.78 is 45.0. The van der Waals surface area contributed by atoms with Gasteiger partial charge in [-0.1, -0.05) is 54.6 Å². The van der Waals surface area contributed by atoms with Gasteiger partial charge in [0.05, 0.1) is 23.7 Å². The number of esters is 1. The van der Waals surface area contributed by atoms with E-state index in [1.807, 2.05) is 53.1 Å². The van der Waals surface area contributed by atoms with Crippen molar-refractivity contribution >= 4 is 39.5 Å². The molecule has 0 radical (unpaired) electrons. The number of methoxy groups -OCH3 is 1. The maximum atomic E-state index is 12.7. The van der Waals surface area contributed by atoms with Crippen molar-refractivity contribution in [2.24, 2.45) is 0 Å².